The maximum atomic E-state index is 14.0. The lowest BCUT2D eigenvalue weighted by Gasteiger charge is -2.35. The molecule has 3 atom stereocenters. The number of rotatable bonds is 4. The minimum atomic E-state index is -1.10. The summed E-state index contributed by atoms with van der Waals surface area (Å²) in [6, 6.07) is 24.9. The average Bonchev–Trinajstić information content (AvgIpc) is 3.29. The molecule has 1 N–H and O–H groups in total. The van der Waals surface area contributed by atoms with Crippen LogP contribution in [0.25, 0.3) is 0 Å². The number of nitrogens with zero attached hydrogens (tertiary/aromatic N) is 1. The summed E-state index contributed by atoms with van der Waals surface area (Å²) in [5, 5.41) is 3.03. The van der Waals surface area contributed by atoms with Crippen LogP contribution >= 0.6 is 0 Å². The number of ether oxygens (including phenoxy) is 1. The Labute approximate surface area is 181 Å². The zero-order valence-electron chi connectivity index (χ0n) is 17.5. The second-order valence-corrected chi connectivity index (χ2v) is 8.24. The van der Waals surface area contributed by atoms with Gasteiger partial charge < -0.3 is 10.1 Å². The van der Waals surface area contributed by atoms with Crippen LogP contribution in [0.1, 0.15) is 27.4 Å². The monoisotopic (exact) mass is 412 g/mol. The molecule has 1 fully saturated rings. The number of benzene rings is 3. The van der Waals surface area contributed by atoms with Gasteiger partial charge in [0.05, 0.1) is 13.0 Å². The first-order valence-electron chi connectivity index (χ1n) is 10.4. The standard InChI is InChI=1S/C26H24N2O3/c1-28-16-20(17-9-5-3-6-10-17)23(24(29)18-11-7-4-8-12-18)26(28)21-15-19(31-2)13-14-22(21)27-25(26)30/h3-15,20,23H,16H2,1-2H3,(H,27,30)/t20-,23-,26+/m1/s1. The number of carbonyl (C=O) groups excluding carboxylic acids is 2. The molecule has 0 bridgehead atoms. The lowest BCUT2D eigenvalue weighted by atomic mass is 9.70. The molecule has 0 saturated carbocycles. The number of hydrogen-bond acceptors (Lipinski definition) is 4. The van der Waals surface area contributed by atoms with E-state index >= 15 is 0 Å². The van der Waals surface area contributed by atoms with Crippen LogP contribution < -0.4 is 10.1 Å². The molecule has 0 radical (unpaired) electrons. The Morgan fingerprint density at radius 1 is 1.03 bits per heavy atom. The minimum absolute atomic E-state index is 0.0235. The fourth-order valence-corrected chi connectivity index (χ4v) is 5.33. The largest absolute Gasteiger partial charge is 0.497 e. The molecular formula is C26H24N2O3. The van der Waals surface area contributed by atoms with Gasteiger partial charge in [0, 0.05) is 29.3 Å². The van der Waals surface area contributed by atoms with Crippen molar-refractivity contribution in [1.82, 2.24) is 4.90 Å². The van der Waals surface area contributed by atoms with Crippen molar-refractivity contribution >= 4 is 17.4 Å². The third kappa shape index (κ3) is 2.81. The zero-order valence-corrected chi connectivity index (χ0v) is 17.5. The highest BCUT2D eigenvalue weighted by Crippen LogP contribution is 2.56. The van der Waals surface area contributed by atoms with E-state index in [2.05, 4.69) is 5.32 Å². The van der Waals surface area contributed by atoms with E-state index in [-0.39, 0.29) is 17.6 Å². The van der Waals surface area contributed by atoms with Crippen molar-refractivity contribution in [3.63, 3.8) is 0 Å². The molecule has 31 heavy (non-hydrogen) atoms. The van der Waals surface area contributed by atoms with E-state index in [4.69, 9.17) is 4.74 Å². The predicted molar refractivity (Wildman–Crippen MR) is 119 cm³/mol. The highest BCUT2D eigenvalue weighted by atomic mass is 16.5. The molecule has 0 aromatic heterocycles. The Morgan fingerprint density at radius 2 is 1.71 bits per heavy atom. The van der Waals surface area contributed by atoms with Gasteiger partial charge in [0.15, 0.2) is 5.78 Å². The molecule has 2 aliphatic heterocycles. The summed E-state index contributed by atoms with van der Waals surface area (Å²) in [5.41, 5.74) is 2.11. The molecule has 2 aliphatic rings. The molecule has 2 heterocycles. The van der Waals surface area contributed by atoms with Gasteiger partial charge in [-0.15, -0.1) is 0 Å². The first-order valence-corrected chi connectivity index (χ1v) is 10.4. The van der Waals surface area contributed by atoms with E-state index in [9.17, 15) is 9.59 Å². The number of Topliss-reactive ketones (excluding diaryl/α,β-unsaturated/α-hetero) is 1. The lowest BCUT2D eigenvalue weighted by molar-refractivity contribution is -0.126. The molecule has 3 aromatic rings. The Kier molecular flexibility index (Phi) is 4.63. The number of likely N-dealkylation sites (tertiary alicyclic amines) is 1. The van der Waals surface area contributed by atoms with Crippen molar-refractivity contribution in [2.75, 3.05) is 26.0 Å². The van der Waals surface area contributed by atoms with Gasteiger partial charge in [0.25, 0.3) is 0 Å². The van der Waals surface area contributed by atoms with Gasteiger partial charge in [-0.05, 0) is 30.8 Å². The number of fused-ring (bicyclic) bond motifs is 2. The molecule has 156 valence electrons. The second-order valence-electron chi connectivity index (χ2n) is 8.24. The number of methoxy groups -OCH3 is 1. The van der Waals surface area contributed by atoms with E-state index in [1.54, 1.807) is 7.11 Å². The van der Waals surface area contributed by atoms with Crippen LogP contribution in [0.5, 0.6) is 5.75 Å². The highest BCUT2D eigenvalue weighted by Gasteiger charge is 2.64. The lowest BCUT2D eigenvalue weighted by Crippen LogP contribution is -2.51. The van der Waals surface area contributed by atoms with Crippen LogP contribution in [0.15, 0.2) is 78.9 Å². The van der Waals surface area contributed by atoms with Crippen LogP contribution in [-0.4, -0.2) is 37.3 Å². The SMILES string of the molecule is COc1ccc2c(c1)[C@@]1(C(=O)N2)[C@@H](C(=O)c2ccccc2)[C@@H](c2ccccc2)CN1C. The van der Waals surface area contributed by atoms with Crippen molar-refractivity contribution in [3.05, 3.63) is 95.6 Å². The normalized spacial score (nSPS) is 24.8. The predicted octanol–water partition coefficient (Wildman–Crippen LogP) is 4.07. The van der Waals surface area contributed by atoms with Crippen molar-refractivity contribution in [3.8, 4) is 5.75 Å². The summed E-state index contributed by atoms with van der Waals surface area (Å²) in [5.74, 6) is -0.217. The van der Waals surface area contributed by atoms with Crippen LogP contribution in [0.2, 0.25) is 0 Å². The quantitative estimate of drug-likeness (QED) is 0.657. The molecular weight excluding hydrogens is 388 g/mol. The van der Waals surface area contributed by atoms with Gasteiger partial charge in [-0.3, -0.25) is 14.5 Å². The van der Waals surface area contributed by atoms with E-state index in [1.807, 2.05) is 90.8 Å². The third-order valence-corrected chi connectivity index (χ3v) is 6.73. The van der Waals surface area contributed by atoms with E-state index < -0.39 is 11.5 Å². The number of amides is 1. The summed E-state index contributed by atoms with van der Waals surface area (Å²) >= 11 is 0. The molecule has 1 spiro atoms. The molecule has 0 aliphatic carbocycles. The van der Waals surface area contributed by atoms with E-state index in [1.165, 1.54) is 0 Å². The number of likely N-dealkylation sites (N-methyl/N-ethyl adjacent to an activating group) is 1. The minimum Gasteiger partial charge on any atom is -0.497 e. The van der Waals surface area contributed by atoms with Crippen molar-refractivity contribution < 1.29 is 14.3 Å². The van der Waals surface area contributed by atoms with Crippen molar-refractivity contribution in [2.24, 2.45) is 5.92 Å². The molecule has 1 amide bonds. The summed E-state index contributed by atoms with van der Waals surface area (Å²) in [4.78, 5) is 29.7. The zero-order chi connectivity index (χ0) is 21.6. The maximum absolute atomic E-state index is 14.0. The second kappa shape index (κ2) is 7.36. The molecule has 0 unspecified atom stereocenters. The van der Waals surface area contributed by atoms with Crippen LogP contribution in [-0.2, 0) is 10.3 Å². The number of carbonyl (C=O) groups is 2. The number of anilines is 1. The van der Waals surface area contributed by atoms with Crippen molar-refractivity contribution in [2.45, 2.75) is 11.5 Å². The van der Waals surface area contributed by atoms with Gasteiger partial charge >= 0.3 is 0 Å². The highest BCUT2D eigenvalue weighted by molar-refractivity contribution is 6.12. The average molecular weight is 412 g/mol. The molecule has 3 aromatic carbocycles. The van der Waals surface area contributed by atoms with Gasteiger partial charge in [-0.2, -0.15) is 0 Å². The van der Waals surface area contributed by atoms with E-state index in [0.29, 0.717) is 17.9 Å². The third-order valence-electron chi connectivity index (χ3n) is 6.73. The molecule has 1 saturated heterocycles. The Morgan fingerprint density at radius 3 is 2.39 bits per heavy atom. The Balaban J connectivity index is 1.74. The molecule has 5 nitrogen and oxygen atoms in total. The number of hydrogen-bond donors (Lipinski definition) is 1. The first-order chi connectivity index (χ1) is 15.1. The topological polar surface area (TPSA) is 58.6 Å². The Bertz CT molecular complexity index is 1150. The van der Waals surface area contributed by atoms with Gasteiger partial charge in [0.1, 0.15) is 11.3 Å². The molecule has 5 heteroatoms. The summed E-state index contributed by atoms with van der Waals surface area (Å²) in [7, 11) is 3.54. The summed E-state index contributed by atoms with van der Waals surface area (Å²) in [6.45, 7) is 0.595. The first kappa shape index (κ1) is 19.5. The summed E-state index contributed by atoms with van der Waals surface area (Å²) in [6.07, 6.45) is 0. The fraction of sp³-hybridized carbons (Fsp3) is 0.231. The molecule has 5 rings (SSSR count). The van der Waals surface area contributed by atoms with Crippen LogP contribution in [0.4, 0.5) is 5.69 Å². The smallest absolute Gasteiger partial charge is 0.250 e. The number of ketones is 1. The van der Waals surface area contributed by atoms with Gasteiger partial charge in [-0.1, -0.05) is 60.7 Å². The summed E-state index contributed by atoms with van der Waals surface area (Å²) < 4.78 is 5.46. The number of nitrogens with one attached hydrogen (secondary N) is 1. The van der Waals surface area contributed by atoms with Gasteiger partial charge in [-0.25, -0.2) is 0 Å². The van der Waals surface area contributed by atoms with Crippen molar-refractivity contribution in [1.29, 1.82) is 0 Å². The van der Waals surface area contributed by atoms with Crippen LogP contribution in [0.3, 0.4) is 0 Å². The Hall–Kier alpha value is -3.44. The maximum Gasteiger partial charge on any atom is 0.250 e. The fourth-order valence-electron chi connectivity index (χ4n) is 5.33. The van der Waals surface area contributed by atoms with Gasteiger partial charge in [0.2, 0.25) is 5.91 Å². The van der Waals surface area contributed by atoms with Crippen LogP contribution in [0, 0.1) is 5.92 Å². The van der Waals surface area contributed by atoms with E-state index in [0.717, 1.165) is 16.8 Å².